The van der Waals surface area contributed by atoms with E-state index in [1.807, 2.05) is 48.5 Å². The van der Waals surface area contributed by atoms with Crippen LogP contribution in [0.1, 0.15) is 17.5 Å². The molecule has 0 fully saturated rings. The lowest BCUT2D eigenvalue weighted by molar-refractivity contribution is 0.282. The van der Waals surface area contributed by atoms with Gasteiger partial charge in [-0.3, -0.25) is 4.79 Å². The Balaban J connectivity index is 1.82. The van der Waals surface area contributed by atoms with Crippen LogP contribution >= 0.6 is 15.9 Å². The Kier molecular flexibility index (Phi) is 5.11. The highest BCUT2D eigenvalue weighted by Gasteiger charge is 2.14. The number of aliphatic hydroxyl groups excluding tert-OH is 1. The number of aromatic nitrogens is 1. The molecule has 0 amide bonds. The highest BCUT2D eigenvalue weighted by atomic mass is 79.9. The molecular formula is C19H20BrN3O2. The first-order valence-electron chi connectivity index (χ1n) is 7.93. The van der Waals surface area contributed by atoms with E-state index in [0.29, 0.717) is 4.47 Å². The molecule has 0 atom stereocenters. The molecule has 6 heteroatoms. The summed E-state index contributed by atoms with van der Waals surface area (Å²) in [6.45, 7) is 0.0446. The van der Waals surface area contributed by atoms with Crippen molar-refractivity contribution in [1.29, 1.82) is 0 Å². The van der Waals surface area contributed by atoms with Crippen molar-refractivity contribution in [3.05, 3.63) is 80.6 Å². The van der Waals surface area contributed by atoms with E-state index < -0.39 is 0 Å². The summed E-state index contributed by atoms with van der Waals surface area (Å²) in [5, 5.41) is 12.5. The Labute approximate surface area is 155 Å². The van der Waals surface area contributed by atoms with E-state index in [2.05, 4.69) is 27.4 Å². The molecule has 0 radical (unpaired) electrons. The van der Waals surface area contributed by atoms with Crippen LogP contribution in [-0.2, 0) is 13.7 Å². The van der Waals surface area contributed by atoms with Crippen molar-refractivity contribution in [1.82, 2.24) is 9.47 Å². The van der Waals surface area contributed by atoms with Gasteiger partial charge in [0.05, 0.1) is 12.3 Å². The molecule has 2 heterocycles. The Bertz CT molecular complexity index is 898. The topological polar surface area (TPSA) is 57.5 Å². The van der Waals surface area contributed by atoms with E-state index in [9.17, 15) is 9.90 Å². The predicted molar refractivity (Wildman–Crippen MR) is 104 cm³/mol. The highest BCUT2D eigenvalue weighted by molar-refractivity contribution is 9.10. The van der Waals surface area contributed by atoms with E-state index in [1.165, 1.54) is 4.57 Å². The van der Waals surface area contributed by atoms with Crippen LogP contribution < -0.4 is 10.9 Å². The molecular weight excluding hydrogens is 382 g/mol. The number of hydrogen-bond acceptors (Lipinski definition) is 4. The van der Waals surface area contributed by atoms with Gasteiger partial charge < -0.3 is 19.9 Å². The number of nitrogens with zero attached hydrogens (tertiary/aromatic N) is 2. The molecule has 2 aromatic rings. The van der Waals surface area contributed by atoms with Gasteiger partial charge in [-0.25, -0.2) is 0 Å². The van der Waals surface area contributed by atoms with Crippen LogP contribution in [0.3, 0.4) is 0 Å². The van der Waals surface area contributed by atoms with E-state index >= 15 is 0 Å². The zero-order valence-electron chi connectivity index (χ0n) is 14.2. The lowest BCUT2D eigenvalue weighted by atomic mass is 9.99. The van der Waals surface area contributed by atoms with Crippen LogP contribution in [0.2, 0.25) is 0 Å². The largest absolute Gasteiger partial charge is 0.392 e. The fraction of sp³-hybridized carbons (Fsp3) is 0.211. The van der Waals surface area contributed by atoms with Gasteiger partial charge in [-0.05, 0) is 38.7 Å². The predicted octanol–water partition coefficient (Wildman–Crippen LogP) is 3.27. The third kappa shape index (κ3) is 3.86. The van der Waals surface area contributed by atoms with Gasteiger partial charge in [0.25, 0.3) is 5.56 Å². The minimum Gasteiger partial charge on any atom is -0.392 e. The monoisotopic (exact) mass is 401 g/mol. The van der Waals surface area contributed by atoms with Crippen molar-refractivity contribution in [2.24, 2.45) is 7.05 Å². The standard InChI is InChI=1S/C19H20BrN3O2/c1-22-10-15(14-5-3-13(12-24)4-6-14)9-16(11-22)21-17-7-8-23(2)19(25)18(17)20/h3-8,10-11,21,24H,9,12H2,1-2H3. The molecule has 130 valence electrons. The number of benzene rings is 1. The molecule has 1 aromatic heterocycles. The van der Waals surface area contributed by atoms with Crippen molar-refractivity contribution in [2.75, 3.05) is 12.4 Å². The van der Waals surface area contributed by atoms with Gasteiger partial charge in [0.1, 0.15) is 4.47 Å². The van der Waals surface area contributed by atoms with E-state index in [0.717, 1.165) is 34.5 Å². The molecule has 1 aromatic carbocycles. The molecule has 1 aliphatic heterocycles. The number of aliphatic hydroxyl groups is 1. The van der Waals surface area contributed by atoms with Crippen LogP contribution in [0.15, 0.2) is 63.9 Å². The molecule has 0 aliphatic carbocycles. The first-order chi connectivity index (χ1) is 12.0. The summed E-state index contributed by atoms with van der Waals surface area (Å²) in [5.41, 5.74) is 4.84. The number of anilines is 1. The Morgan fingerprint density at radius 1 is 1.16 bits per heavy atom. The maximum atomic E-state index is 12.1. The number of hydrogen-bond donors (Lipinski definition) is 2. The van der Waals surface area contributed by atoms with E-state index in [4.69, 9.17) is 0 Å². The smallest absolute Gasteiger partial charge is 0.266 e. The van der Waals surface area contributed by atoms with Crippen molar-refractivity contribution in [3.63, 3.8) is 0 Å². The molecule has 2 N–H and O–H groups in total. The second kappa shape index (κ2) is 7.29. The molecule has 25 heavy (non-hydrogen) atoms. The zero-order valence-corrected chi connectivity index (χ0v) is 15.7. The van der Waals surface area contributed by atoms with Gasteiger partial charge in [-0.2, -0.15) is 0 Å². The maximum Gasteiger partial charge on any atom is 0.266 e. The summed E-state index contributed by atoms with van der Waals surface area (Å²) in [5.74, 6) is 0. The molecule has 1 aliphatic rings. The van der Waals surface area contributed by atoms with Crippen molar-refractivity contribution >= 4 is 27.2 Å². The first-order valence-corrected chi connectivity index (χ1v) is 8.73. The molecule has 0 saturated carbocycles. The number of pyridine rings is 1. The maximum absolute atomic E-state index is 12.1. The van der Waals surface area contributed by atoms with E-state index in [1.54, 1.807) is 13.2 Å². The number of halogens is 1. The summed E-state index contributed by atoms with van der Waals surface area (Å²) < 4.78 is 2.05. The SMILES string of the molecule is CN1C=C(Nc2ccn(C)c(=O)c2Br)CC(c2ccc(CO)cc2)=C1. The normalized spacial score (nSPS) is 14.2. The van der Waals surface area contributed by atoms with Gasteiger partial charge >= 0.3 is 0 Å². The van der Waals surface area contributed by atoms with Gasteiger partial charge in [0, 0.05) is 44.8 Å². The Morgan fingerprint density at radius 2 is 1.88 bits per heavy atom. The van der Waals surface area contributed by atoms with Crippen LogP contribution in [0.5, 0.6) is 0 Å². The average molecular weight is 402 g/mol. The molecule has 5 nitrogen and oxygen atoms in total. The van der Waals surface area contributed by atoms with Gasteiger partial charge in [-0.1, -0.05) is 24.3 Å². The summed E-state index contributed by atoms with van der Waals surface area (Å²) in [6, 6.07) is 9.77. The zero-order chi connectivity index (χ0) is 18.0. The molecule has 0 spiro atoms. The number of rotatable bonds is 4. The molecule has 0 unspecified atom stereocenters. The second-order valence-corrected chi connectivity index (χ2v) is 6.88. The average Bonchev–Trinajstić information content (AvgIpc) is 2.62. The van der Waals surface area contributed by atoms with Crippen molar-refractivity contribution in [2.45, 2.75) is 13.0 Å². The quantitative estimate of drug-likeness (QED) is 0.825. The fourth-order valence-electron chi connectivity index (χ4n) is 2.77. The summed E-state index contributed by atoms with van der Waals surface area (Å²) in [6.07, 6.45) is 6.56. The third-order valence-corrected chi connectivity index (χ3v) is 4.88. The first kappa shape index (κ1) is 17.5. The van der Waals surface area contributed by atoms with Crippen LogP contribution in [0.4, 0.5) is 5.69 Å². The summed E-state index contributed by atoms with van der Waals surface area (Å²) in [7, 11) is 3.70. The lowest BCUT2D eigenvalue weighted by Crippen LogP contribution is -2.19. The number of allylic oxidation sites excluding steroid dienone is 1. The van der Waals surface area contributed by atoms with Gasteiger partial charge in [0.2, 0.25) is 0 Å². The third-order valence-electron chi connectivity index (χ3n) is 4.11. The Hall–Kier alpha value is -2.31. The van der Waals surface area contributed by atoms with Crippen molar-refractivity contribution < 1.29 is 5.11 Å². The van der Waals surface area contributed by atoms with Gasteiger partial charge in [0.15, 0.2) is 0 Å². The molecule has 0 saturated heterocycles. The van der Waals surface area contributed by atoms with Gasteiger partial charge in [-0.15, -0.1) is 0 Å². The summed E-state index contributed by atoms with van der Waals surface area (Å²) in [4.78, 5) is 14.1. The van der Waals surface area contributed by atoms with Crippen LogP contribution in [-0.4, -0.2) is 21.6 Å². The summed E-state index contributed by atoms with van der Waals surface area (Å²) >= 11 is 3.37. The number of nitrogens with one attached hydrogen (secondary N) is 1. The van der Waals surface area contributed by atoms with E-state index in [-0.39, 0.29) is 12.2 Å². The number of aryl methyl sites for hydroxylation is 1. The fourth-order valence-corrected chi connectivity index (χ4v) is 3.28. The lowest BCUT2D eigenvalue weighted by Gasteiger charge is -2.23. The molecule has 0 bridgehead atoms. The Morgan fingerprint density at radius 3 is 2.56 bits per heavy atom. The van der Waals surface area contributed by atoms with Crippen molar-refractivity contribution in [3.8, 4) is 0 Å². The van der Waals surface area contributed by atoms with Crippen LogP contribution in [0, 0.1) is 0 Å². The van der Waals surface area contributed by atoms with Crippen LogP contribution in [0.25, 0.3) is 5.57 Å². The second-order valence-electron chi connectivity index (χ2n) is 6.09. The highest BCUT2D eigenvalue weighted by Crippen LogP contribution is 2.29. The molecule has 3 rings (SSSR count). The minimum absolute atomic E-state index is 0.0446. The minimum atomic E-state index is -0.0786.